The first-order chi connectivity index (χ1) is 10.7. The van der Waals surface area contributed by atoms with Gasteiger partial charge in [0.15, 0.2) is 0 Å². The van der Waals surface area contributed by atoms with Gasteiger partial charge < -0.3 is 14.6 Å². The van der Waals surface area contributed by atoms with Crippen molar-refractivity contribution in [2.45, 2.75) is 58.7 Å². The highest BCUT2D eigenvalue weighted by molar-refractivity contribution is 6.61. The SMILES string of the molecule is CC(C(=O)Nc1ccnc(B2OC(C)(C)C(C)(C)O2)c1)C1CC1. The van der Waals surface area contributed by atoms with Gasteiger partial charge in [-0.2, -0.15) is 0 Å². The van der Waals surface area contributed by atoms with Crippen LogP contribution >= 0.6 is 0 Å². The van der Waals surface area contributed by atoms with Gasteiger partial charge in [-0.15, -0.1) is 0 Å². The molecule has 1 aromatic rings. The fourth-order valence-electron chi connectivity index (χ4n) is 2.69. The van der Waals surface area contributed by atoms with Crippen LogP contribution in [0.5, 0.6) is 0 Å². The Labute approximate surface area is 138 Å². The molecule has 2 fully saturated rings. The summed E-state index contributed by atoms with van der Waals surface area (Å²) in [5, 5.41) is 2.98. The molecular weight excluding hydrogens is 291 g/mol. The number of carbonyl (C=O) groups is 1. The predicted molar refractivity (Wildman–Crippen MR) is 90.5 cm³/mol. The molecule has 1 amide bonds. The van der Waals surface area contributed by atoms with Crippen LogP contribution in [0.25, 0.3) is 0 Å². The van der Waals surface area contributed by atoms with Crippen molar-refractivity contribution in [1.82, 2.24) is 4.98 Å². The van der Waals surface area contributed by atoms with Crippen LogP contribution in [-0.4, -0.2) is 29.2 Å². The van der Waals surface area contributed by atoms with Crippen molar-refractivity contribution < 1.29 is 14.1 Å². The van der Waals surface area contributed by atoms with E-state index < -0.39 is 18.3 Å². The lowest BCUT2D eigenvalue weighted by atomic mass is 9.84. The van der Waals surface area contributed by atoms with Crippen molar-refractivity contribution >= 4 is 24.3 Å². The van der Waals surface area contributed by atoms with Gasteiger partial charge in [0.25, 0.3) is 0 Å². The molecule has 1 unspecified atom stereocenters. The van der Waals surface area contributed by atoms with Crippen LogP contribution in [0.1, 0.15) is 47.5 Å². The Morgan fingerprint density at radius 2 is 1.91 bits per heavy atom. The predicted octanol–water partition coefficient (Wildman–Crippen LogP) is 2.37. The maximum Gasteiger partial charge on any atom is 0.514 e. The average Bonchev–Trinajstić information content (AvgIpc) is 3.26. The van der Waals surface area contributed by atoms with E-state index in [0.717, 1.165) is 18.5 Å². The monoisotopic (exact) mass is 316 g/mol. The van der Waals surface area contributed by atoms with Gasteiger partial charge in [-0.05, 0) is 58.6 Å². The van der Waals surface area contributed by atoms with E-state index in [1.54, 1.807) is 12.3 Å². The van der Waals surface area contributed by atoms with Crippen molar-refractivity contribution in [3.05, 3.63) is 18.3 Å². The smallest absolute Gasteiger partial charge is 0.398 e. The van der Waals surface area contributed by atoms with Gasteiger partial charge in [0, 0.05) is 17.8 Å². The van der Waals surface area contributed by atoms with E-state index in [2.05, 4.69) is 10.3 Å². The third-order valence-corrected chi connectivity index (χ3v) is 5.29. The van der Waals surface area contributed by atoms with Crippen LogP contribution in [0.2, 0.25) is 0 Å². The van der Waals surface area contributed by atoms with Crippen molar-refractivity contribution in [2.75, 3.05) is 5.32 Å². The summed E-state index contributed by atoms with van der Waals surface area (Å²) in [6.45, 7) is 10.0. The Morgan fingerprint density at radius 3 is 2.48 bits per heavy atom. The maximum atomic E-state index is 12.2. The molecule has 1 N–H and O–H groups in total. The number of anilines is 1. The largest absolute Gasteiger partial charge is 0.514 e. The minimum absolute atomic E-state index is 0.0588. The second kappa shape index (κ2) is 5.60. The number of aromatic nitrogens is 1. The molecule has 1 aliphatic carbocycles. The molecule has 0 bridgehead atoms. The zero-order valence-electron chi connectivity index (χ0n) is 14.6. The molecule has 6 heteroatoms. The molecule has 5 nitrogen and oxygen atoms in total. The van der Waals surface area contributed by atoms with E-state index in [4.69, 9.17) is 9.31 Å². The molecule has 2 aliphatic rings. The Hall–Kier alpha value is -1.40. The van der Waals surface area contributed by atoms with Crippen molar-refractivity contribution in [3.63, 3.8) is 0 Å². The first-order valence-electron chi connectivity index (χ1n) is 8.32. The average molecular weight is 316 g/mol. The number of nitrogens with zero attached hydrogens (tertiary/aromatic N) is 1. The molecule has 0 spiro atoms. The first-order valence-corrected chi connectivity index (χ1v) is 8.32. The second-order valence-corrected chi connectivity index (χ2v) is 7.67. The summed E-state index contributed by atoms with van der Waals surface area (Å²) in [6.07, 6.45) is 3.99. The molecule has 23 heavy (non-hydrogen) atoms. The molecule has 124 valence electrons. The van der Waals surface area contributed by atoms with E-state index in [1.807, 2.05) is 40.7 Å². The molecule has 2 heterocycles. The van der Waals surface area contributed by atoms with E-state index in [0.29, 0.717) is 11.5 Å². The number of hydrogen-bond donors (Lipinski definition) is 1. The number of rotatable bonds is 4. The topological polar surface area (TPSA) is 60.5 Å². The second-order valence-electron chi connectivity index (χ2n) is 7.67. The number of amides is 1. The van der Waals surface area contributed by atoms with Gasteiger partial charge in [-0.1, -0.05) is 6.92 Å². The molecule has 1 aromatic heterocycles. The molecule has 0 aromatic carbocycles. The van der Waals surface area contributed by atoms with Crippen LogP contribution < -0.4 is 10.9 Å². The normalized spacial score (nSPS) is 23.6. The zero-order chi connectivity index (χ0) is 16.8. The standard InChI is InChI=1S/C17H25BN2O3/c1-11(12-6-7-12)15(21)20-13-8-9-19-14(10-13)18-22-16(2,3)17(4,5)23-18/h8-12H,6-7H2,1-5H3,(H,19,20,21). The third kappa shape index (κ3) is 3.28. The van der Waals surface area contributed by atoms with Crippen molar-refractivity contribution in [1.29, 1.82) is 0 Å². The fourth-order valence-corrected chi connectivity index (χ4v) is 2.69. The number of hydrogen-bond acceptors (Lipinski definition) is 4. The summed E-state index contributed by atoms with van der Waals surface area (Å²) in [5.41, 5.74) is 0.612. The Bertz CT molecular complexity index is 598. The summed E-state index contributed by atoms with van der Waals surface area (Å²) < 4.78 is 12.0. The third-order valence-electron chi connectivity index (χ3n) is 5.29. The Morgan fingerprint density at radius 1 is 1.30 bits per heavy atom. The van der Waals surface area contributed by atoms with Gasteiger partial charge in [0.2, 0.25) is 5.91 Å². The highest BCUT2D eigenvalue weighted by Crippen LogP contribution is 2.37. The molecule has 1 saturated heterocycles. The minimum Gasteiger partial charge on any atom is -0.398 e. The lowest BCUT2D eigenvalue weighted by Gasteiger charge is -2.32. The Kier molecular flexibility index (Phi) is 4.01. The summed E-state index contributed by atoms with van der Waals surface area (Å²) in [6, 6.07) is 3.63. The number of pyridine rings is 1. The molecule has 0 radical (unpaired) electrons. The highest BCUT2D eigenvalue weighted by Gasteiger charge is 2.52. The lowest BCUT2D eigenvalue weighted by molar-refractivity contribution is -0.119. The summed E-state index contributed by atoms with van der Waals surface area (Å²) in [7, 11) is -0.516. The van der Waals surface area contributed by atoms with Crippen LogP contribution in [0.3, 0.4) is 0 Å². The van der Waals surface area contributed by atoms with Gasteiger partial charge in [-0.3, -0.25) is 9.78 Å². The van der Waals surface area contributed by atoms with Gasteiger partial charge in [-0.25, -0.2) is 0 Å². The molecule has 1 saturated carbocycles. The van der Waals surface area contributed by atoms with Crippen LogP contribution in [0.4, 0.5) is 5.69 Å². The van der Waals surface area contributed by atoms with Crippen LogP contribution in [0, 0.1) is 11.8 Å². The van der Waals surface area contributed by atoms with E-state index in [-0.39, 0.29) is 11.8 Å². The summed E-state index contributed by atoms with van der Waals surface area (Å²) in [5.74, 6) is 0.668. The highest BCUT2D eigenvalue weighted by atomic mass is 16.7. The van der Waals surface area contributed by atoms with Crippen LogP contribution in [-0.2, 0) is 14.1 Å². The van der Waals surface area contributed by atoms with Crippen molar-refractivity contribution in [2.24, 2.45) is 11.8 Å². The minimum atomic E-state index is -0.516. The molecule has 1 atom stereocenters. The molecule has 1 aliphatic heterocycles. The van der Waals surface area contributed by atoms with E-state index >= 15 is 0 Å². The van der Waals surface area contributed by atoms with Gasteiger partial charge in [0.1, 0.15) is 0 Å². The van der Waals surface area contributed by atoms with Crippen molar-refractivity contribution in [3.8, 4) is 0 Å². The Balaban J connectivity index is 1.72. The van der Waals surface area contributed by atoms with E-state index in [9.17, 15) is 4.79 Å². The quantitative estimate of drug-likeness (QED) is 0.866. The van der Waals surface area contributed by atoms with Gasteiger partial charge in [0.05, 0.1) is 16.8 Å². The number of carbonyl (C=O) groups excluding carboxylic acids is 1. The molecule has 3 rings (SSSR count). The first kappa shape index (κ1) is 16.5. The van der Waals surface area contributed by atoms with Crippen LogP contribution in [0.15, 0.2) is 18.3 Å². The fraction of sp³-hybridized carbons (Fsp3) is 0.647. The van der Waals surface area contributed by atoms with E-state index in [1.165, 1.54) is 0 Å². The maximum absolute atomic E-state index is 12.2. The zero-order valence-corrected chi connectivity index (χ0v) is 14.6. The lowest BCUT2D eigenvalue weighted by Crippen LogP contribution is -2.41. The number of nitrogens with one attached hydrogen (secondary N) is 1. The van der Waals surface area contributed by atoms with Gasteiger partial charge >= 0.3 is 7.12 Å². The summed E-state index contributed by atoms with van der Waals surface area (Å²) >= 11 is 0. The molecular formula is C17H25BN2O3. The summed E-state index contributed by atoms with van der Waals surface area (Å²) in [4.78, 5) is 16.6.